The van der Waals surface area contributed by atoms with Crippen LogP contribution >= 0.6 is 0 Å². The molecule has 0 spiro atoms. The summed E-state index contributed by atoms with van der Waals surface area (Å²) in [5.74, 6) is 0.712. The Morgan fingerprint density at radius 2 is 2.00 bits per heavy atom. The van der Waals surface area contributed by atoms with Gasteiger partial charge in [-0.05, 0) is 42.2 Å². The molecule has 4 heteroatoms. The van der Waals surface area contributed by atoms with Crippen LogP contribution < -0.4 is 5.32 Å². The van der Waals surface area contributed by atoms with Crippen molar-refractivity contribution in [1.29, 1.82) is 5.26 Å². The molecule has 1 aromatic heterocycles. The van der Waals surface area contributed by atoms with Crippen LogP contribution in [0.2, 0.25) is 0 Å². The highest BCUT2D eigenvalue weighted by atomic mass is 15.0. The maximum atomic E-state index is 9.58. The SMILES string of the molecule is [C-]#[N+]C1=C(C(C)C)NC(c2cnc(C(C)C)c(C#N)c2C)CC1C. The Hall–Kier alpha value is -2.33. The first kappa shape index (κ1) is 18.0. The number of hydrogen-bond donors (Lipinski definition) is 1. The van der Waals surface area contributed by atoms with Crippen LogP contribution in [0.25, 0.3) is 4.85 Å². The lowest BCUT2D eigenvalue weighted by Gasteiger charge is -2.34. The Kier molecular flexibility index (Phi) is 5.30. The van der Waals surface area contributed by atoms with Crippen molar-refractivity contribution in [1.82, 2.24) is 10.3 Å². The van der Waals surface area contributed by atoms with Crippen molar-refractivity contribution in [2.45, 2.75) is 59.9 Å². The first-order valence-corrected chi connectivity index (χ1v) is 8.59. The molecule has 4 nitrogen and oxygen atoms in total. The van der Waals surface area contributed by atoms with Crippen LogP contribution in [0.1, 0.15) is 75.4 Å². The summed E-state index contributed by atoms with van der Waals surface area (Å²) < 4.78 is 0. The largest absolute Gasteiger partial charge is 0.390 e. The molecule has 0 fully saturated rings. The normalized spacial score (nSPS) is 20.8. The zero-order valence-electron chi connectivity index (χ0n) is 15.4. The zero-order valence-corrected chi connectivity index (χ0v) is 15.4. The van der Waals surface area contributed by atoms with Crippen molar-refractivity contribution in [3.05, 3.63) is 51.4 Å². The molecule has 126 valence electrons. The van der Waals surface area contributed by atoms with Crippen molar-refractivity contribution in [3.63, 3.8) is 0 Å². The maximum absolute atomic E-state index is 9.58. The maximum Gasteiger partial charge on any atom is 0.186 e. The highest BCUT2D eigenvalue weighted by Gasteiger charge is 2.30. The third-order valence-corrected chi connectivity index (χ3v) is 4.80. The summed E-state index contributed by atoms with van der Waals surface area (Å²) in [7, 11) is 0. The molecule has 1 N–H and O–H groups in total. The second kappa shape index (κ2) is 7.05. The Morgan fingerprint density at radius 1 is 1.33 bits per heavy atom. The number of nitriles is 1. The van der Waals surface area contributed by atoms with Crippen LogP contribution in [0.4, 0.5) is 0 Å². The lowest BCUT2D eigenvalue weighted by molar-refractivity contribution is 0.410. The van der Waals surface area contributed by atoms with Crippen molar-refractivity contribution >= 4 is 0 Å². The molecule has 2 rings (SSSR count). The summed E-state index contributed by atoms with van der Waals surface area (Å²) in [6, 6.07) is 2.44. The predicted octanol–water partition coefficient (Wildman–Crippen LogP) is 4.84. The Labute approximate surface area is 145 Å². The number of nitrogens with one attached hydrogen (secondary N) is 1. The molecule has 2 atom stereocenters. The summed E-state index contributed by atoms with van der Waals surface area (Å²) in [5.41, 5.74) is 5.51. The van der Waals surface area contributed by atoms with Crippen LogP contribution in [0, 0.1) is 36.7 Å². The minimum atomic E-state index is 0.101. The van der Waals surface area contributed by atoms with E-state index in [4.69, 9.17) is 6.57 Å². The molecule has 0 saturated heterocycles. The van der Waals surface area contributed by atoms with E-state index < -0.39 is 0 Å². The summed E-state index contributed by atoms with van der Waals surface area (Å²) in [6.45, 7) is 19.9. The fraction of sp³-hybridized carbons (Fsp3) is 0.550. The first-order chi connectivity index (χ1) is 11.3. The third-order valence-electron chi connectivity index (χ3n) is 4.80. The number of hydrogen-bond acceptors (Lipinski definition) is 3. The smallest absolute Gasteiger partial charge is 0.186 e. The molecule has 0 aliphatic carbocycles. The van der Waals surface area contributed by atoms with E-state index in [-0.39, 0.29) is 23.8 Å². The molecule has 2 heterocycles. The van der Waals surface area contributed by atoms with Gasteiger partial charge >= 0.3 is 0 Å². The lowest BCUT2D eigenvalue weighted by atomic mass is 9.84. The van der Waals surface area contributed by atoms with Crippen LogP contribution in [0.5, 0.6) is 0 Å². The highest BCUT2D eigenvalue weighted by molar-refractivity contribution is 5.47. The number of pyridine rings is 1. The molecule has 24 heavy (non-hydrogen) atoms. The molecule has 1 aliphatic rings. The fourth-order valence-electron chi connectivity index (χ4n) is 3.46. The van der Waals surface area contributed by atoms with Crippen LogP contribution in [0.3, 0.4) is 0 Å². The van der Waals surface area contributed by atoms with E-state index in [1.807, 2.05) is 13.1 Å². The quantitative estimate of drug-likeness (QED) is 0.810. The van der Waals surface area contributed by atoms with E-state index >= 15 is 0 Å². The summed E-state index contributed by atoms with van der Waals surface area (Å²) in [4.78, 5) is 8.33. The number of nitrogens with zero attached hydrogens (tertiary/aromatic N) is 3. The van der Waals surface area contributed by atoms with E-state index in [0.29, 0.717) is 5.56 Å². The summed E-state index contributed by atoms with van der Waals surface area (Å²) >= 11 is 0. The van der Waals surface area contributed by atoms with Gasteiger partial charge in [0.25, 0.3) is 0 Å². The van der Waals surface area contributed by atoms with Crippen LogP contribution in [-0.4, -0.2) is 4.98 Å². The van der Waals surface area contributed by atoms with Gasteiger partial charge < -0.3 is 5.32 Å². The van der Waals surface area contributed by atoms with E-state index in [1.54, 1.807) is 0 Å². The van der Waals surface area contributed by atoms with Crippen LogP contribution in [0.15, 0.2) is 17.6 Å². The second-order valence-electron chi connectivity index (χ2n) is 7.26. The highest BCUT2D eigenvalue weighted by Crippen LogP contribution is 2.37. The molecule has 1 aliphatic heterocycles. The summed E-state index contributed by atoms with van der Waals surface area (Å²) in [5, 5.41) is 13.1. The Balaban J connectivity index is 2.50. The van der Waals surface area contributed by atoms with Crippen molar-refractivity contribution in [3.8, 4) is 6.07 Å². The fourth-order valence-corrected chi connectivity index (χ4v) is 3.46. The third kappa shape index (κ3) is 3.15. The molecule has 0 aromatic carbocycles. The van der Waals surface area contributed by atoms with Crippen molar-refractivity contribution in [2.24, 2.45) is 11.8 Å². The molecule has 0 radical (unpaired) electrons. The van der Waals surface area contributed by atoms with Gasteiger partial charge in [0.1, 0.15) is 6.07 Å². The first-order valence-electron chi connectivity index (χ1n) is 8.59. The average molecular weight is 322 g/mol. The summed E-state index contributed by atoms with van der Waals surface area (Å²) in [6.07, 6.45) is 2.76. The van der Waals surface area contributed by atoms with Gasteiger partial charge in [0.2, 0.25) is 0 Å². The minimum Gasteiger partial charge on any atom is -0.390 e. The van der Waals surface area contributed by atoms with E-state index in [0.717, 1.165) is 34.6 Å². The predicted molar refractivity (Wildman–Crippen MR) is 95.9 cm³/mol. The molecular weight excluding hydrogens is 296 g/mol. The van der Waals surface area contributed by atoms with Gasteiger partial charge in [0, 0.05) is 11.9 Å². The van der Waals surface area contributed by atoms with Gasteiger partial charge in [0.05, 0.1) is 23.9 Å². The van der Waals surface area contributed by atoms with Crippen LogP contribution in [-0.2, 0) is 0 Å². The number of aromatic nitrogens is 1. The van der Waals surface area contributed by atoms with Crippen molar-refractivity contribution in [2.75, 3.05) is 0 Å². The molecule has 0 amide bonds. The average Bonchev–Trinajstić information content (AvgIpc) is 2.53. The minimum absolute atomic E-state index is 0.101. The lowest BCUT2D eigenvalue weighted by Crippen LogP contribution is -2.32. The molecule has 1 aromatic rings. The Morgan fingerprint density at radius 3 is 2.50 bits per heavy atom. The molecular formula is C20H26N4. The van der Waals surface area contributed by atoms with E-state index in [1.165, 1.54) is 0 Å². The topological polar surface area (TPSA) is 53.1 Å². The van der Waals surface area contributed by atoms with Gasteiger partial charge in [0.15, 0.2) is 5.70 Å². The van der Waals surface area contributed by atoms with E-state index in [9.17, 15) is 5.26 Å². The van der Waals surface area contributed by atoms with E-state index in [2.05, 4.69) is 55.8 Å². The Bertz CT molecular complexity index is 744. The number of allylic oxidation sites excluding steroid dienone is 2. The van der Waals surface area contributed by atoms with Gasteiger partial charge in [-0.15, -0.1) is 0 Å². The number of rotatable bonds is 3. The molecule has 2 unspecified atom stereocenters. The van der Waals surface area contributed by atoms with Gasteiger partial charge in [-0.3, -0.25) is 4.98 Å². The van der Waals surface area contributed by atoms with Gasteiger partial charge in [-0.2, -0.15) is 5.26 Å². The van der Waals surface area contributed by atoms with Gasteiger partial charge in [-0.1, -0.05) is 34.6 Å². The zero-order chi connectivity index (χ0) is 18.0. The molecule has 0 saturated carbocycles. The van der Waals surface area contributed by atoms with Gasteiger partial charge in [-0.25, -0.2) is 4.85 Å². The monoisotopic (exact) mass is 322 g/mol. The molecule has 0 bridgehead atoms. The van der Waals surface area contributed by atoms with Crippen molar-refractivity contribution < 1.29 is 0 Å². The second-order valence-corrected chi connectivity index (χ2v) is 7.26. The standard InChI is InChI=1S/C20H26N4/c1-11(2)18-15(9-21)14(6)16(10-23-18)17-8-13(5)20(22-7)19(24-17)12(3)4/h10-13,17,24H,8H2,1-6H3.